The van der Waals surface area contributed by atoms with E-state index in [0.717, 1.165) is 33.4 Å². The van der Waals surface area contributed by atoms with Crippen LogP contribution in [0.3, 0.4) is 0 Å². The molecule has 8 nitrogen and oxygen atoms in total. The topological polar surface area (TPSA) is 133 Å². The van der Waals surface area contributed by atoms with Crippen molar-refractivity contribution in [1.82, 2.24) is 14.8 Å². The predicted molar refractivity (Wildman–Crippen MR) is 202 cm³/mol. The van der Waals surface area contributed by atoms with E-state index in [1.807, 2.05) is 24.3 Å². The van der Waals surface area contributed by atoms with Crippen LogP contribution < -0.4 is 0 Å². The molecule has 0 spiro atoms. The smallest absolute Gasteiger partial charge is 0.383 e. The summed E-state index contributed by atoms with van der Waals surface area (Å²) in [5.74, 6) is -6.66. The second-order valence-corrected chi connectivity index (χ2v) is 15.9. The Labute approximate surface area is 332 Å². The number of fused-ring (bicyclic) bond motifs is 4. The van der Waals surface area contributed by atoms with Crippen LogP contribution in [0.15, 0.2) is 108 Å². The van der Waals surface area contributed by atoms with E-state index in [9.17, 15) is 36.6 Å². The maximum Gasteiger partial charge on any atom is 0.456 e. The van der Waals surface area contributed by atoms with Gasteiger partial charge < -0.3 is 5.11 Å². The van der Waals surface area contributed by atoms with Crippen LogP contribution in [-0.4, -0.2) is 49.1 Å². The number of allylic oxidation sites excluding steroid dienone is 4. The molecule has 2 saturated carbocycles. The van der Waals surface area contributed by atoms with E-state index >= 15 is 0 Å². The van der Waals surface area contributed by atoms with Crippen LogP contribution in [0.2, 0.25) is 0 Å². The molecule has 4 aromatic rings. The molecule has 8 rings (SSSR count). The maximum atomic E-state index is 15.0. The van der Waals surface area contributed by atoms with Crippen molar-refractivity contribution in [1.29, 1.82) is 10.5 Å². The van der Waals surface area contributed by atoms with Crippen LogP contribution in [-0.2, 0) is 4.79 Å². The quantitative estimate of drug-likeness (QED) is 0.152. The zero-order chi connectivity index (χ0) is 41.6. The molecule has 0 amide bonds. The minimum Gasteiger partial charge on any atom is -0.383 e. The largest absolute Gasteiger partial charge is 0.456 e. The Kier molecular flexibility index (Phi) is 10.6. The number of nitriles is 2. The van der Waals surface area contributed by atoms with E-state index in [1.54, 1.807) is 65.6 Å². The first-order valence-corrected chi connectivity index (χ1v) is 19.1. The van der Waals surface area contributed by atoms with E-state index in [4.69, 9.17) is 10.5 Å². The number of hydrogen-bond acceptors (Lipinski definition) is 7. The number of rotatable bonds is 6. The van der Waals surface area contributed by atoms with Crippen molar-refractivity contribution in [2.24, 2.45) is 17.3 Å². The summed E-state index contributed by atoms with van der Waals surface area (Å²) in [5.41, 5.74) is 2.46. The van der Waals surface area contributed by atoms with Gasteiger partial charge in [-0.15, -0.1) is 0 Å². The fraction of sp³-hybridized carbons (Fsp3) is 0.378. The second-order valence-electron chi connectivity index (χ2n) is 15.9. The SMILES string of the molecule is CC(=O)c1ccc([C@H]2C[C@@]3(C)[C@@H](CC[C@@]3(O)C(F)(F)C(F)(F)F)[C@@H]3CCC4=CC(=O)CCC4=C32)cc1.N#Cc1ccc(C(c2ccc(C#N)cc2)n2cncn2)cc1. The molecule has 1 N–H and O–H groups in total. The number of carbonyl (C=O) groups is 2. The van der Waals surface area contributed by atoms with Gasteiger partial charge in [0.15, 0.2) is 11.6 Å². The standard InChI is InChI=1S/C28H29F5O3.C17H11N5/c1-15(34)16-3-5-17(6-4-16)22-14-25(2)23(11-12-26(25,36)27(29,30)28(31,32)33)21-9-7-18-13-19(35)8-10-20(18)24(21)22;18-9-13-1-5-15(6-2-13)17(22-12-20-11-21-22)16-7-3-14(10-19)4-8-16/h3-6,13,21-23,36H,7-12,14H2,1-2H3;1-8,11-12,17H/t21-,22+,23-,25-,26-;/m0./s1. The number of alkyl halides is 5. The fourth-order valence-electron chi connectivity index (χ4n) is 9.99. The van der Waals surface area contributed by atoms with Gasteiger partial charge in [-0.3, -0.25) is 9.59 Å². The van der Waals surface area contributed by atoms with Gasteiger partial charge in [0.2, 0.25) is 0 Å². The summed E-state index contributed by atoms with van der Waals surface area (Å²) < 4.78 is 72.5. The Balaban J connectivity index is 0.000000199. The van der Waals surface area contributed by atoms with Gasteiger partial charge in [0.25, 0.3) is 0 Å². The predicted octanol–water partition coefficient (Wildman–Crippen LogP) is 9.38. The fourth-order valence-corrected chi connectivity index (χ4v) is 9.99. The summed E-state index contributed by atoms with van der Waals surface area (Å²) in [6.07, 6.45) is 0.244. The van der Waals surface area contributed by atoms with Crippen molar-refractivity contribution in [2.45, 2.75) is 88.5 Å². The van der Waals surface area contributed by atoms with Crippen molar-refractivity contribution in [3.05, 3.63) is 142 Å². The van der Waals surface area contributed by atoms with E-state index in [-0.39, 0.29) is 36.4 Å². The molecule has 4 aliphatic carbocycles. The first-order valence-electron chi connectivity index (χ1n) is 19.1. The molecule has 5 atom stereocenters. The number of carbonyl (C=O) groups excluding carboxylic acids is 2. The molecule has 2 fully saturated rings. The number of halogens is 5. The summed E-state index contributed by atoms with van der Waals surface area (Å²) in [4.78, 5) is 27.9. The highest BCUT2D eigenvalue weighted by Gasteiger charge is 2.79. The van der Waals surface area contributed by atoms with E-state index in [2.05, 4.69) is 22.2 Å². The van der Waals surface area contributed by atoms with Crippen molar-refractivity contribution in [2.75, 3.05) is 0 Å². The molecule has 1 aromatic heterocycles. The Morgan fingerprint density at radius 3 is 2.02 bits per heavy atom. The van der Waals surface area contributed by atoms with Gasteiger partial charge in [-0.25, -0.2) is 9.67 Å². The molecule has 0 saturated heterocycles. The minimum absolute atomic E-state index is 0.0378. The Hall–Kier alpha value is -5.79. The third-order valence-corrected chi connectivity index (χ3v) is 12.9. The average Bonchev–Trinajstić information content (AvgIpc) is 3.84. The van der Waals surface area contributed by atoms with Crippen LogP contribution in [0.25, 0.3) is 0 Å². The Morgan fingerprint density at radius 2 is 1.50 bits per heavy atom. The second kappa shape index (κ2) is 15.2. The monoisotopic (exact) mass is 793 g/mol. The molecular formula is C45H40F5N5O3. The van der Waals surface area contributed by atoms with Gasteiger partial charge in [-0.2, -0.15) is 37.6 Å². The molecule has 3 aromatic carbocycles. The maximum absolute atomic E-state index is 15.0. The van der Waals surface area contributed by atoms with Crippen molar-refractivity contribution in [3.8, 4) is 12.1 Å². The third-order valence-electron chi connectivity index (χ3n) is 12.9. The molecule has 0 aliphatic heterocycles. The van der Waals surface area contributed by atoms with Crippen molar-refractivity contribution < 1.29 is 36.6 Å². The van der Waals surface area contributed by atoms with Gasteiger partial charge in [-0.05, 0) is 115 Å². The highest BCUT2D eigenvalue weighted by molar-refractivity contribution is 5.94. The molecular weight excluding hydrogens is 754 g/mol. The van der Waals surface area contributed by atoms with Crippen molar-refractivity contribution >= 4 is 11.6 Å². The van der Waals surface area contributed by atoms with Crippen LogP contribution in [0.1, 0.15) is 109 Å². The molecule has 4 aliphatic rings. The number of hydrogen-bond donors (Lipinski definition) is 1. The molecule has 1 heterocycles. The Morgan fingerprint density at radius 1 is 0.897 bits per heavy atom. The minimum atomic E-state index is -5.87. The van der Waals surface area contributed by atoms with Gasteiger partial charge in [-0.1, -0.05) is 61.0 Å². The lowest BCUT2D eigenvalue weighted by Gasteiger charge is -2.56. The van der Waals surface area contributed by atoms with Crippen LogP contribution in [0, 0.1) is 39.9 Å². The van der Waals surface area contributed by atoms with Crippen molar-refractivity contribution in [3.63, 3.8) is 0 Å². The molecule has 0 bridgehead atoms. The summed E-state index contributed by atoms with van der Waals surface area (Å²) >= 11 is 0. The lowest BCUT2D eigenvalue weighted by Crippen LogP contribution is -2.65. The number of nitrogens with zero attached hydrogens (tertiary/aromatic N) is 5. The molecule has 13 heteroatoms. The average molecular weight is 794 g/mol. The van der Waals surface area contributed by atoms with E-state index in [1.165, 1.54) is 20.2 Å². The zero-order valence-corrected chi connectivity index (χ0v) is 31.8. The molecule has 0 unspecified atom stereocenters. The number of benzene rings is 3. The summed E-state index contributed by atoms with van der Waals surface area (Å²) in [6.45, 7) is 2.83. The number of Topliss-reactive ketones (excluding diaryl/α,β-unsaturated/α-hetero) is 1. The van der Waals surface area contributed by atoms with Gasteiger partial charge >= 0.3 is 12.1 Å². The first kappa shape index (κ1) is 40.4. The van der Waals surface area contributed by atoms with Crippen LogP contribution in [0.5, 0.6) is 0 Å². The summed E-state index contributed by atoms with van der Waals surface area (Å²) in [5, 5.41) is 33.3. The number of aromatic nitrogens is 3. The summed E-state index contributed by atoms with van der Waals surface area (Å²) in [6, 6.07) is 25.6. The number of aliphatic hydroxyl groups is 1. The zero-order valence-electron chi connectivity index (χ0n) is 31.8. The van der Waals surface area contributed by atoms with Gasteiger partial charge in [0.05, 0.1) is 23.3 Å². The highest BCUT2D eigenvalue weighted by Crippen LogP contribution is 2.70. The third kappa shape index (κ3) is 6.85. The molecule has 0 radical (unpaired) electrons. The molecule has 298 valence electrons. The van der Waals surface area contributed by atoms with Gasteiger partial charge in [0.1, 0.15) is 24.3 Å². The lowest BCUT2D eigenvalue weighted by atomic mass is 9.50. The normalized spacial score (nSPS) is 25.3. The molecule has 58 heavy (non-hydrogen) atoms. The number of ketones is 2. The van der Waals surface area contributed by atoms with E-state index < -0.39 is 41.4 Å². The van der Waals surface area contributed by atoms with Crippen LogP contribution >= 0.6 is 0 Å². The van der Waals surface area contributed by atoms with Crippen LogP contribution in [0.4, 0.5) is 22.0 Å². The summed E-state index contributed by atoms with van der Waals surface area (Å²) in [7, 11) is 0. The lowest BCUT2D eigenvalue weighted by molar-refractivity contribution is -0.362. The highest BCUT2D eigenvalue weighted by atomic mass is 19.4. The first-order chi connectivity index (χ1) is 27.5. The van der Waals surface area contributed by atoms with E-state index in [0.29, 0.717) is 42.4 Å². The Bertz CT molecular complexity index is 2300. The van der Waals surface area contributed by atoms with Gasteiger partial charge in [0, 0.05) is 23.3 Å².